The van der Waals surface area contributed by atoms with Crippen molar-refractivity contribution in [3.8, 4) is 0 Å². The van der Waals surface area contributed by atoms with Gasteiger partial charge >= 0.3 is 5.97 Å². The Morgan fingerprint density at radius 2 is 2.08 bits per heavy atom. The van der Waals surface area contributed by atoms with Gasteiger partial charge in [-0.3, -0.25) is 4.79 Å². The summed E-state index contributed by atoms with van der Waals surface area (Å²) in [5.41, 5.74) is 0. The summed E-state index contributed by atoms with van der Waals surface area (Å²) < 4.78 is 5.12. The average molecular weight is 174 g/mol. The second-order valence-corrected chi connectivity index (χ2v) is 3.12. The zero-order valence-corrected chi connectivity index (χ0v) is 6.90. The molecule has 0 radical (unpaired) electrons. The number of rotatable bonds is 2. The Kier molecular flexibility index (Phi) is 3.49. The first kappa shape index (κ1) is 9.48. The number of carbonyl (C=O) groups is 1. The van der Waals surface area contributed by atoms with Gasteiger partial charge < -0.3 is 14.9 Å². The molecule has 0 amide bonds. The van der Waals surface area contributed by atoms with Gasteiger partial charge in [0, 0.05) is 13.2 Å². The molecule has 2 N–H and O–H groups in total. The smallest absolute Gasteiger partial charge is 0.303 e. The van der Waals surface area contributed by atoms with E-state index in [4.69, 9.17) is 9.84 Å². The van der Waals surface area contributed by atoms with Crippen molar-refractivity contribution in [3.63, 3.8) is 0 Å². The minimum atomic E-state index is -0.846. The molecule has 4 nitrogen and oxygen atoms in total. The second kappa shape index (κ2) is 4.42. The summed E-state index contributed by atoms with van der Waals surface area (Å²) in [5.74, 6) is -0.981. The molecule has 1 aliphatic heterocycles. The third-order valence-corrected chi connectivity index (χ3v) is 2.17. The molecule has 0 aromatic rings. The van der Waals surface area contributed by atoms with E-state index >= 15 is 0 Å². The van der Waals surface area contributed by atoms with Gasteiger partial charge in [-0.2, -0.15) is 0 Å². The molecular weight excluding hydrogens is 160 g/mol. The topological polar surface area (TPSA) is 66.8 Å². The molecule has 0 aromatic carbocycles. The average Bonchev–Trinajstić information content (AvgIpc) is 2.16. The van der Waals surface area contributed by atoms with Crippen molar-refractivity contribution in [2.45, 2.75) is 25.4 Å². The lowest BCUT2D eigenvalue weighted by molar-refractivity contribution is -0.139. The van der Waals surface area contributed by atoms with Crippen LogP contribution < -0.4 is 0 Å². The molecule has 1 saturated heterocycles. The van der Waals surface area contributed by atoms with Crippen LogP contribution in [0.2, 0.25) is 0 Å². The highest BCUT2D eigenvalue weighted by Gasteiger charge is 2.23. The summed E-state index contributed by atoms with van der Waals surface area (Å²) in [5, 5.41) is 18.0. The van der Waals surface area contributed by atoms with Crippen LogP contribution in [0.4, 0.5) is 0 Å². The molecule has 0 aromatic heterocycles. The SMILES string of the molecule is O=C(O)C[C@H]1CCOCC[C@@H]1O. The quantitative estimate of drug-likeness (QED) is 0.629. The van der Waals surface area contributed by atoms with Crippen LogP contribution in [0.1, 0.15) is 19.3 Å². The van der Waals surface area contributed by atoms with Crippen LogP contribution in [-0.2, 0) is 9.53 Å². The van der Waals surface area contributed by atoms with E-state index in [9.17, 15) is 9.90 Å². The zero-order valence-electron chi connectivity index (χ0n) is 6.90. The van der Waals surface area contributed by atoms with Gasteiger partial charge in [-0.15, -0.1) is 0 Å². The second-order valence-electron chi connectivity index (χ2n) is 3.12. The maximum absolute atomic E-state index is 10.4. The number of aliphatic hydroxyl groups is 1. The fraction of sp³-hybridized carbons (Fsp3) is 0.875. The van der Waals surface area contributed by atoms with Crippen molar-refractivity contribution in [2.24, 2.45) is 5.92 Å². The Labute approximate surface area is 71.2 Å². The normalized spacial score (nSPS) is 31.1. The van der Waals surface area contributed by atoms with Crippen LogP contribution in [0.25, 0.3) is 0 Å². The number of aliphatic hydroxyl groups excluding tert-OH is 1. The Bertz CT molecular complexity index is 157. The molecule has 1 rings (SSSR count). The number of carboxylic acids is 1. The minimum absolute atomic E-state index is 0.0462. The first-order valence-electron chi connectivity index (χ1n) is 4.17. The monoisotopic (exact) mass is 174 g/mol. The summed E-state index contributed by atoms with van der Waals surface area (Å²) in [6.45, 7) is 1.10. The van der Waals surface area contributed by atoms with E-state index in [1.54, 1.807) is 0 Å². The van der Waals surface area contributed by atoms with Crippen LogP contribution in [0.15, 0.2) is 0 Å². The molecule has 1 aliphatic rings. The van der Waals surface area contributed by atoms with Gasteiger partial charge in [-0.05, 0) is 18.8 Å². The summed E-state index contributed by atoms with van der Waals surface area (Å²) >= 11 is 0. The summed E-state index contributed by atoms with van der Waals surface area (Å²) in [6.07, 6.45) is 0.735. The summed E-state index contributed by atoms with van der Waals surface area (Å²) in [4.78, 5) is 10.4. The van der Waals surface area contributed by atoms with E-state index in [-0.39, 0.29) is 12.3 Å². The first-order chi connectivity index (χ1) is 5.70. The van der Waals surface area contributed by atoms with Crippen molar-refractivity contribution in [1.29, 1.82) is 0 Å². The largest absolute Gasteiger partial charge is 0.481 e. The lowest BCUT2D eigenvalue weighted by Gasteiger charge is -2.16. The predicted molar refractivity (Wildman–Crippen MR) is 41.8 cm³/mol. The van der Waals surface area contributed by atoms with Gasteiger partial charge in [0.15, 0.2) is 0 Å². The van der Waals surface area contributed by atoms with Crippen molar-refractivity contribution in [1.82, 2.24) is 0 Å². The number of carboxylic acid groups (broad SMARTS) is 1. The Morgan fingerprint density at radius 1 is 1.42 bits per heavy atom. The third-order valence-electron chi connectivity index (χ3n) is 2.17. The highest BCUT2D eigenvalue weighted by atomic mass is 16.5. The fourth-order valence-corrected chi connectivity index (χ4v) is 1.43. The zero-order chi connectivity index (χ0) is 8.97. The number of hydrogen-bond acceptors (Lipinski definition) is 3. The van der Waals surface area contributed by atoms with E-state index in [0.717, 1.165) is 0 Å². The maximum atomic E-state index is 10.4. The molecule has 0 saturated carbocycles. The molecule has 0 spiro atoms. The number of hydrogen-bond donors (Lipinski definition) is 2. The molecular formula is C8H14O4. The van der Waals surface area contributed by atoms with Crippen LogP contribution in [0.5, 0.6) is 0 Å². The standard InChI is InChI=1S/C8H14O4/c9-7-2-4-12-3-1-6(7)5-8(10)11/h6-7,9H,1-5H2,(H,10,11)/t6-,7+/m1/s1. The van der Waals surface area contributed by atoms with Gasteiger partial charge in [0.2, 0.25) is 0 Å². The highest BCUT2D eigenvalue weighted by Crippen LogP contribution is 2.19. The molecule has 12 heavy (non-hydrogen) atoms. The van der Waals surface area contributed by atoms with Crippen LogP contribution >= 0.6 is 0 Å². The molecule has 2 atom stereocenters. The van der Waals surface area contributed by atoms with Crippen LogP contribution in [0.3, 0.4) is 0 Å². The lowest BCUT2D eigenvalue weighted by Crippen LogP contribution is -2.22. The van der Waals surface area contributed by atoms with Crippen molar-refractivity contribution in [2.75, 3.05) is 13.2 Å². The van der Waals surface area contributed by atoms with E-state index in [0.29, 0.717) is 26.1 Å². The molecule has 4 heteroatoms. The Hall–Kier alpha value is -0.610. The Balaban J connectivity index is 2.41. The maximum Gasteiger partial charge on any atom is 0.303 e. The van der Waals surface area contributed by atoms with Gasteiger partial charge in [-0.1, -0.05) is 0 Å². The summed E-state index contributed by atoms with van der Waals surface area (Å²) in [7, 11) is 0. The molecule has 0 bridgehead atoms. The van der Waals surface area contributed by atoms with E-state index in [1.165, 1.54) is 0 Å². The van der Waals surface area contributed by atoms with E-state index < -0.39 is 12.1 Å². The van der Waals surface area contributed by atoms with Crippen molar-refractivity contribution in [3.05, 3.63) is 0 Å². The number of ether oxygens (including phenoxy) is 1. The van der Waals surface area contributed by atoms with Gasteiger partial charge in [0.05, 0.1) is 12.5 Å². The highest BCUT2D eigenvalue weighted by molar-refractivity contribution is 5.67. The third kappa shape index (κ3) is 2.79. The number of aliphatic carboxylic acids is 1. The van der Waals surface area contributed by atoms with Gasteiger partial charge in [0.1, 0.15) is 0 Å². The first-order valence-corrected chi connectivity index (χ1v) is 4.17. The molecule has 70 valence electrons. The molecule has 1 heterocycles. The summed E-state index contributed by atoms with van der Waals surface area (Å²) in [6, 6.07) is 0. The van der Waals surface area contributed by atoms with E-state index in [2.05, 4.69) is 0 Å². The predicted octanol–water partition coefficient (Wildman–Crippen LogP) is 0.249. The van der Waals surface area contributed by atoms with Gasteiger partial charge in [0.25, 0.3) is 0 Å². The van der Waals surface area contributed by atoms with E-state index in [1.807, 2.05) is 0 Å². The van der Waals surface area contributed by atoms with Crippen molar-refractivity contribution < 1.29 is 19.7 Å². The van der Waals surface area contributed by atoms with Crippen molar-refractivity contribution >= 4 is 5.97 Å². The minimum Gasteiger partial charge on any atom is -0.481 e. The lowest BCUT2D eigenvalue weighted by atomic mass is 9.94. The molecule has 0 unspecified atom stereocenters. The van der Waals surface area contributed by atoms with Crippen LogP contribution in [-0.4, -0.2) is 35.5 Å². The molecule has 0 aliphatic carbocycles. The molecule has 1 fully saturated rings. The Morgan fingerprint density at radius 3 is 2.75 bits per heavy atom. The van der Waals surface area contributed by atoms with Gasteiger partial charge in [-0.25, -0.2) is 0 Å². The van der Waals surface area contributed by atoms with Crippen LogP contribution in [0, 0.1) is 5.92 Å². The fourth-order valence-electron chi connectivity index (χ4n) is 1.43.